The van der Waals surface area contributed by atoms with Crippen LogP contribution in [0.4, 0.5) is 5.82 Å². The summed E-state index contributed by atoms with van der Waals surface area (Å²) >= 11 is 0. The summed E-state index contributed by atoms with van der Waals surface area (Å²) in [6.07, 6.45) is 3.42. The Bertz CT molecular complexity index is 287. The van der Waals surface area contributed by atoms with Crippen molar-refractivity contribution >= 4 is 5.82 Å². The second-order valence-corrected chi connectivity index (χ2v) is 3.69. The van der Waals surface area contributed by atoms with Crippen LogP contribution in [0.5, 0.6) is 0 Å². The average molecular weight is 194 g/mol. The van der Waals surface area contributed by atoms with Gasteiger partial charge in [-0.05, 0) is 19.4 Å². The minimum absolute atomic E-state index is 0.474. The fraction of sp³-hybridized carbons (Fsp3) is 0.600. The predicted molar refractivity (Wildman–Crippen MR) is 58.3 cm³/mol. The van der Waals surface area contributed by atoms with E-state index in [1.54, 1.807) is 12.4 Å². The monoisotopic (exact) mass is 194 g/mol. The van der Waals surface area contributed by atoms with Gasteiger partial charge in [0.25, 0.3) is 0 Å². The van der Waals surface area contributed by atoms with E-state index < -0.39 is 0 Å². The lowest BCUT2D eigenvalue weighted by atomic mass is 10.2. The third-order valence-electron chi connectivity index (χ3n) is 2.20. The van der Waals surface area contributed by atoms with Crippen LogP contribution in [0.15, 0.2) is 12.4 Å². The Kier molecular flexibility index (Phi) is 3.83. The molecule has 14 heavy (non-hydrogen) atoms. The number of rotatable bonds is 4. The molecule has 1 rings (SSSR count). The van der Waals surface area contributed by atoms with Crippen molar-refractivity contribution in [1.82, 2.24) is 9.97 Å². The van der Waals surface area contributed by atoms with Gasteiger partial charge in [0.2, 0.25) is 0 Å². The molecule has 0 bridgehead atoms. The highest BCUT2D eigenvalue weighted by atomic mass is 15.2. The molecule has 0 fully saturated rings. The van der Waals surface area contributed by atoms with Gasteiger partial charge in [-0.1, -0.05) is 6.92 Å². The van der Waals surface area contributed by atoms with Crippen LogP contribution in [0.2, 0.25) is 0 Å². The second kappa shape index (κ2) is 4.91. The van der Waals surface area contributed by atoms with Crippen molar-refractivity contribution in [3.8, 4) is 0 Å². The first kappa shape index (κ1) is 10.9. The van der Waals surface area contributed by atoms with Crippen LogP contribution in [0.3, 0.4) is 0 Å². The number of hydrogen-bond donors (Lipinski definition) is 1. The fourth-order valence-corrected chi connectivity index (χ4v) is 1.40. The van der Waals surface area contributed by atoms with Gasteiger partial charge in [-0.3, -0.25) is 4.98 Å². The van der Waals surface area contributed by atoms with Gasteiger partial charge in [-0.2, -0.15) is 0 Å². The molecule has 0 aliphatic heterocycles. The molecule has 1 atom stereocenters. The molecule has 78 valence electrons. The van der Waals surface area contributed by atoms with E-state index in [1.807, 2.05) is 14.0 Å². The smallest absolute Gasteiger partial charge is 0.149 e. The van der Waals surface area contributed by atoms with Crippen LogP contribution in [-0.4, -0.2) is 30.1 Å². The first-order valence-corrected chi connectivity index (χ1v) is 4.84. The lowest BCUT2D eigenvalue weighted by Gasteiger charge is -2.22. The van der Waals surface area contributed by atoms with E-state index in [4.69, 9.17) is 5.73 Å². The summed E-state index contributed by atoms with van der Waals surface area (Å²) in [4.78, 5) is 10.6. The second-order valence-electron chi connectivity index (χ2n) is 3.69. The molecule has 0 saturated carbocycles. The number of anilines is 1. The topological polar surface area (TPSA) is 55.0 Å². The standard InChI is InChI=1S/C10H18N4/c1-8(6-11)7-14(3)10-9(2)12-4-5-13-10/h4-5,8H,6-7,11H2,1-3H3. The van der Waals surface area contributed by atoms with Crippen LogP contribution in [0.25, 0.3) is 0 Å². The number of aromatic nitrogens is 2. The molecule has 0 amide bonds. The van der Waals surface area contributed by atoms with Gasteiger partial charge >= 0.3 is 0 Å². The third-order valence-corrected chi connectivity index (χ3v) is 2.20. The number of nitrogens with zero attached hydrogens (tertiary/aromatic N) is 3. The van der Waals surface area contributed by atoms with E-state index in [-0.39, 0.29) is 0 Å². The first-order valence-electron chi connectivity index (χ1n) is 4.84. The molecule has 1 aromatic heterocycles. The van der Waals surface area contributed by atoms with Gasteiger partial charge in [0.05, 0.1) is 5.69 Å². The molecule has 0 aliphatic carbocycles. The van der Waals surface area contributed by atoms with Crippen LogP contribution < -0.4 is 10.6 Å². The number of nitrogens with two attached hydrogens (primary N) is 1. The van der Waals surface area contributed by atoms with Crippen molar-refractivity contribution in [2.45, 2.75) is 13.8 Å². The van der Waals surface area contributed by atoms with E-state index in [2.05, 4.69) is 21.8 Å². The Morgan fingerprint density at radius 2 is 2.07 bits per heavy atom. The normalized spacial score (nSPS) is 12.6. The molecular formula is C10H18N4. The molecule has 0 spiro atoms. The molecule has 1 aromatic rings. The van der Waals surface area contributed by atoms with Crippen molar-refractivity contribution in [3.05, 3.63) is 18.1 Å². The molecule has 4 heteroatoms. The summed E-state index contributed by atoms with van der Waals surface area (Å²) < 4.78 is 0. The molecule has 0 aromatic carbocycles. The van der Waals surface area contributed by atoms with Crippen LogP contribution >= 0.6 is 0 Å². The van der Waals surface area contributed by atoms with Gasteiger partial charge in [0.15, 0.2) is 0 Å². The highest BCUT2D eigenvalue weighted by Gasteiger charge is 2.09. The SMILES string of the molecule is Cc1nccnc1N(C)CC(C)CN. The van der Waals surface area contributed by atoms with Crippen LogP contribution in [0, 0.1) is 12.8 Å². The lowest BCUT2D eigenvalue weighted by molar-refractivity contribution is 0.586. The maximum atomic E-state index is 5.57. The molecule has 1 unspecified atom stereocenters. The highest BCUT2D eigenvalue weighted by Crippen LogP contribution is 2.12. The summed E-state index contributed by atoms with van der Waals surface area (Å²) in [5, 5.41) is 0. The molecule has 1 heterocycles. The Labute approximate surface area is 85.2 Å². The summed E-state index contributed by atoms with van der Waals surface area (Å²) in [6.45, 7) is 5.70. The summed E-state index contributed by atoms with van der Waals surface area (Å²) in [7, 11) is 2.02. The van der Waals surface area contributed by atoms with Crippen LogP contribution in [0.1, 0.15) is 12.6 Å². The Hall–Kier alpha value is -1.16. The predicted octanol–water partition coefficient (Wildman–Crippen LogP) is 0.816. The first-order chi connectivity index (χ1) is 6.65. The summed E-state index contributed by atoms with van der Waals surface area (Å²) in [5.74, 6) is 1.41. The minimum Gasteiger partial charge on any atom is -0.358 e. The quantitative estimate of drug-likeness (QED) is 0.771. The molecule has 0 aliphatic rings. The Balaban J connectivity index is 2.69. The Morgan fingerprint density at radius 3 is 2.64 bits per heavy atom. The molecule has 2 N–H and O–H groups in total. The van der Waals surface area contributed by atoms with Gasteiger partial charge in [0, 0.05) is 26.0 Å². The Morgan fingerprint density at radius 1 is 1.43 bits per heavy atom. The summed E-state index contributed by atoms with van der Waals surface area (Å²) in [6, 6.07) is 0. The van der Waals surface area contributed by atoms with E-state index in [1.165, 1.54) is 0 Å². The van der Waals surface area contributed by atoms with E-state index in [9.17, 15) is 0 Å². The van der Waals surface area contributed by atoms with Gasteiger partial charge in [-0.15, -0.1) is 0 Å². The van der Waals surface area contributed by atoms with Crippen molar-refractivity contribution in [2.75, 3.05) is 25.0 Å². The van der Waals surface area contributed by atoms with E-state index >= 15 is 0 Å². The van der Waals surface area contributed by atoms with Gasteiger partial charge in [0.1, 0.15) is 5.82 Å². The number of aryl methyl sites for hydroxylation is 1. The highest BCUT2D eigenvalue weighted by molar-refractivity contribution is 5.41. The van der Waals surface area contributed by atoms with Crippen molar-refractivity contribution in [2.24, 2.45) is 11.7 Å². The van der Waals surface area contributed by atoms with E-state index in [0.29, 0.717) is 12.5 Å². The van der Waals surface area contributed by atoms with Crippen molar-refractivity contribution < 1.29 is 0 Å². The summed E-state index contributed by atoms with van der Waals surface area (Å²) in [5.41, 5.74) is 6.53. The molecule has 0 saturated heterocycles. The average Bonchev–Trinajstić information content (AvgIpc) is 2.18. The van der Waals surface area contributed by atoms with Crippen LogP contribution in [-0.2, 0) is 0 Å². The fourth-order valence-electron chi connectivity index (χ4n) is 1.40. The van der Waals surface area contributed by atoms with Crippen molar-refractivity contribution in [3.63, 3.8) is 0 Å². The molecule has 4 nitrogen and oxygen atoms in total. The van der Waals surface area contributed by atoms with Gasteiger partial charge < -0.3 is 10.6 Å². The molecular weight excluding hydrogens is 176 g/mol. The lowest BCUT2D eigenvalue weighted by Crippen LogP contribution is -2.29. The zero-order chi connectivity index (χ0) is 10.6. The zero-order valence-corrected chi connectivity index (χ0v) is 9.07. The molecule has 0 radical (unpaired) electrons. The maximum Gasteiger partial charge on any atom is 0.149 e. The largest absolute Gasteiger partial charge is 0.358 e. The van der Waals surface area contributed by atoms with Crippen molar-refractivity contribution in [1.29, 1.82) is 0 Å². The minimum atomic E-state index is 0.474. The number of hydrogen-bond acceptors (Lipinski definition) is 4. The zero-order valence-electron chi connectivity index (χ0n) is 9.07. The third kappa shape index (κ3) is 2.67. The van der Waals surface area contributed by atoms with Gasteiger partial charge in [-0.25, -0.2) is 4.98 Å². The van der Waals surface area contributed by atoms with E-state index in [0.717, 1.165) is 18.1 Å². The maximum absolute atomic E-state index is 5.57.